The van der Waals surface area contributed by atoms with Crippen molar-refractivity contribution in [2.24, 2.45) is 0 Å². The maximum Gasteiger partial charge on any atom is 0.200 e. The molecule has 1 aromatic carbocycles. The summed E-state index contributed by atoms with van der Waals surface area (Å²) in [5.74, 6) is 0. The number of hydrogen-bond acceptors (Lipinski definition) is 9. The number of rotatable bonds is 5. The van der Waals surface area contributed by atoms with E-state index in [0.29, 0.717) is 5.71 Å². The Morgan fingerprint density at radius 3 is 2.26 bits per heavy atom. The second-order valence-corrected chi connectivity index (χ2v) is 9.18. The topological polar surface area (TPSA) is 114 Å². The number of hydrogen-bond donors (Lipinski definition) is 3. The van der Waals surface area contributed by atoms with Crippen molar-refractivity contribution in [3.05, 3.63) is 54.4 Å². The molecule has 1 aliphatic rings. The number of benzene rings is 1. The predicted molar refractivity (Wildman–Crippen MR) is 158 cm³/mol. The minimum Gasteiger partial charge on any atom is -0.394 e. The zero-order valence-corrected chi connectivity index (χ0v) is 24.2. The van der Waals surface area contributed by atoms with Crippen LogP contribution in [-0.2, 0) is 0 Å². The van der Waals surface area contributed by atoms with Crippen LogP contribution in [0.15, 0.2) is 58.8 Å². The fraction of sp³-hybridized carbons (Fsp3) is 0.429. The van der Waals surface area contributed by atoms with E-state index in [2.05, 4.69) is 56.3 Å². The fourth-order valence-corrected chi connectivity index (χ4v) is 4.52. The van der Waals surface area contributed by atoms with Crippen LogP contribution >= 0.6 is 11.8 Å². The van der Waals surface area contributed by atoms with Crippen molar-refractivity contribution in [1.82, 2.24) is 24.5 Å². The summed E-state index contributed by atoms with van der Waals surface area (Å²) in [5, 5.41) is 33.7. The number of likely N-dealkylation sites (N-methyl/N-ethyl adjacent to an activating group) is 1. The van der Waals surface area contributed by atoms with Gasteiger partial charge in [-0.25, -0.2) is 0 Å². The number of nitrogens with one attached hydrogen (secondary N) is 1. The Labute approximate surface area is 230 Å². The third-order valence-corrected chi connectivity index (χ3v) is 6.57. The molecule has 0 unspecified atom stereocenters. The number of anilines is 1. The van der Waals surface area contributed by atoms with Crippen molar-refractivity contribution in [3.8, 4) is 0 Å². The number of nitrogens with zero attached hydrogens (tertiary/aromatic N) is 6. The molecule has 0 spiro atoms. The van der Waals surface area contributed by atoms with Gasteiger partial charge in [-0.3, -0.25) is 9.38 Å². The molecule has 1 aliphatic heterocycles. The van der Waals surface area contributed by atoms with Gasteiger partial charge in [0.1, 0.15) is 0 Å². The molecule has 3 aromatic heterocycles. The highest BCUT2D eigenvalue weighted by atomic mass is 32.2. The van der Waals surface area contributed by atoms with Gasteiger partial charge in [0.15, 0.2) is 10.8 Å². The van der Waals surface area contributed by atoms with Crippen molar-refractivity contribution in [2.75, 3.05) is 51.3 Å². The molecule has 9 nitrogen and oxygen atoms in total. The summed E-state index contributed by atoms with van der Waals surface area (Å²) in [4.78, 5) is 10.5. The highest BCUT2D eigenvalue weighted by Gasteiger charge is 2.15. The molecule has 0 bridgehead atoms. The molecular weight excluding hydrogens is 498 g/mol. The lowest BCUT2D eigenvalue weighted by atomic mass is 10.2. The van der Waals surface area contributed by atoms with Crippen molar-refractivity contribution < 1.29 is 10.2 Å². The Hall–Kier alpha value is -3.05. The molecule has 1 saturated heterocycles. The van der Waals surface area contributed by atoms with E-state index >= 15 is 0 Å². The van der Waals surface area contributed by atoms with Crippen LogP contribution < -0.4 is 4.90 Å². The first-order valence-corrected chi connectivity index (χ1v) is 13.9. The number of piperazine rings is 1. The molecule has 4 aromatic rings. The average Bonchev–Trinajstić information content (AvgIpc) is 3.37. The van der Waals surface area contributed by atoms with E-state index in [0.717, 1.165) is 58.3 Å². The molecule has 3 N–H and O–H groups in total. The maximum absolute atomic E-state index is 7.89. The van der Waals surface area contributed by atoms with E-state index in [1.807, 2.05) is 56.6 Å². The molecule has 0 atom stereocenters. The van der Waals surface area contributed by atoms with Gasteiger partial charge in [0.2, 0.25) is 0 Å². The van der Waals surface area contributed by atoms with Crippen molar-refractivity contribution in [2.45, 2.75) is 44.7 Å². The summed E-state index contributed by atoms with van der Waals surface area (Å²) in [6, 6.07) is 12.3. The summed E-state index contributed by atoms with van der Waals surface area (Å²) in [5.41, 5.74) is 4.34. The first-order valence-electron chi connectivity index (χ1n) is 13.1. The number of aromatic nitrogens is 4. The highest BCUT2D eigenvalue weighted by Crippen LogP contribution is 2.30. The highest BCUT2D eigenvalue weighted by molar-refractivity contribution is 7.99. The Kier molecular flexibility index (Phi) is 13.1. The lowest BCUT2D eigenvalue weighted by Crippen LogP contribution is -2.44. The van der Waals surface area contributed by atoms with Gasteiger partial charge >= 0.3 is 0 Å². The monoisotopic (exact) mass is 539 g/mol. The molecule has 1 fully saturated rings. The number of fused-ring (bicyclic) bond motifs is 2. The molecule has 38 heavy (non-hydrogen) atoms. The van der Waals surface area contributed by atoms with Gasteiger partial charge in [-0.1, -0.05) is 27.7 Å². The normalized spacial score (nSPS) is 13.1. The molecule has 0 aliphatic carbocycles. The van der Waals surface area contributed by atoms with Gasteiger partial charge in [-0.05, 0) is 62.1 Å². The molecule has 0 amide bonds. The first kappa shape index (κ1) is 31.2. The van der Waals surface area contributed by atoms with Gasteiger partial charge in [-0.15, -0.1) is 10.2 Å². The quantitative estimate of drug-likeness (QED) is 0.316. The van der Waals surface area contributed by atoms with Crippen LogP contribution in [0.1, 0.15) is 40.2 Å². The second-order valence-electron chi connectivity index (χ2n) is 8.14. The van der Waals surface area contributed by atoms with E-state index in [-0.39, 0.29) is 13.2 Å². The van der Waals surface area contributed by atoms with Gasteiger partial charge in [-0.2, -0.15) is 0 Å². The molecular formula is C28H41N7O2S. The Morgan fingerprint density at radius 2 is 1.63 bits per heavy atom. The van der Waals surface area contributed by atoms with Crippen molar-refractivity contribution in [1.29, 1.82) is 5.41 Å². The largest absolute Gasteiger partial charge is 0.394 e. The van der Waals surface area contributed by atoms with E-state index in [9.17, 15) is 0 Å². The summed E-state index contributed by atoms with van der Waals surface area (Å²) < 4.78 is 1.95. The van der Waals surface area contributed by atoms with Crippen LogP contribution in [0.2, 0.25) is 0 Å². The van der Waals surface area contributed by atoms with Crippen molar-refractivity contribution >= 4 is 39.7 Å². The standard InChI is InChI=1S/C22H23N7S.C2H6O2.2C2H6/c1-15(23)16-3-6-21-25-26-22(29(21)14-16)30-19-4-5-20-17(12-19)11-18(13-24-20)28-9-7-27(2)8-10-28;3-1-2-4;2*1-2/h3-6,11-14,23H,7-10H2,1-2H3;3-4H,1-2H2;2*1-2H3. The zero-order valence-electron chi connectivity index (χ0n) is 23.3. The van der Waals surface area contributed by atoms with Crippen LogP contribution in [0.25, 0.3) is 16.6 Å². The lowest BCUT2D eigenvalue weighted by molar-refractivity contribution is 0.186. The fourth-order valence-electron chi connectivity index (χ4n) is 3.67. The van der Waals surface area contributed by atoms with Gasteiger partial charge in [0, 0.05) is 53.9 Å². The molecule has 0 radical (unpaired) electrons. The van der Waals surface area contributed by atoms with Gasteiger partial charge < -0.3 is 25.4 Å². The molecule has 10 heteroatoms. The Bertz CT molecular complexity index is 1280. The number of aliphatic hydroxyl groups is 2. The lowest BCUT2D eigenvalue weighted by Gasteiger charge is -2.33. The minimum absolute atomic E-state index is 0.125. The molecule has 5 rings (SSSR count). The maximum atomic E-state index is 7.89. The summed E-state index contributed by atoms with van der Waals surface area (Å²) in [6.07, 6.45) is 3.90. The van der Waals surface area contributed by atoms with E-state index in [1.54, 1.807) is 18.7 Å². The minimum atomic E-state index is -0.125. The molecule has 0 saturated carbocycles. The summed E-state index contributed by atoms with van der Waals surface area (Å²) in [7, 11) is 2.17. The van der Waals surface area contributed by atoms with E-state index < -0.39 is 0 Å². The van der Waals surface area contributed by atoms with Crippen LogP contribution in [0, 0.1) is 5.41 Å². The second kappa shape index (κ2) is 16.0. The van der Waals surface area contributed by atoms with Crippen LogP contribution in [0.5, 0.6) is 0 Å². The Morgan fingerprint density at radius 1 is 0.947 bits per heavy atom. The molecule has 4 heterocycles. The van der Waals surface area contributed by atoms with Crippen LogP contribution in [0.3, 0.4) is 0 Å². The Balaban J connectivity index is 0.000000571. The number of pyridine rings is 2. The first-order chi connectivity index (χ1) is 18.5. The van der Waals surface area contributed by atoms with Crippen LogP contribution in [-0.4, -0.2) is 86.8 Å². The summed E-state index contributed by atoms with van der Waals surface area (Å²) in [6.45, 7) is 13.7. The smallest absolute Gasteiger partial charge is 0.200 e. The van der Waals surface area contributed by atoms with E-state index in [1.165, 1.54) is 5.69 Å². The SMILES string of the molecule is CC.CC.CC(=N)c1ccc2nnc(Sc3ccc4ncc(N5CCN(C)CC5)cc4c3)n2c1.OCCO. The predicted octanol–water partition coefficient (Wildman–Crippen LogP) is 4.59. The third kappa shape index (κ3) is 8.22. The van der Waals surface area contributed by atoms with Crippen molar-refractivity contribution in [3.63, 3.8) is 0 Å². The van der Waals surface area contributed by atoms with Gasteiger partial charge in [0.05, 0.1) is 30.6 Å². The third-order valence-electron chi connectivity index (χ3n) is 5.62. The van der Waals surface area contributed by atoms with Gasteiger partial charge in [0.25, 0.3) is 0 Å². The van der Waals surface area contributed by atoms with Crippen LogP contribution in [0.4, 0.5) is 5.69 Å². The average molecular weight is 540 g/mol. The molecule has 206 valence electrons. The summed E-state index contributed by atoms with van der Waals surface area (Å²) >= 11 is 1.57. The van der Waals surface area contributed by atoms with E-state index in [4.69, 9.17) is 15.6 Å². The number of aliphatic hydroxyl groups excluding tert-OH is 2. The zero-order chi connectivity index (χ0) is 28.1.